The van der Waals surface area contributed by atoms with E-state index < -0.39 is 17.9 Å². The van der Waals surface area contributed by atoms with Gasteiger partial charge < -0.3 is 14.2 Å². The van der Waals surface area contributed by atoms with Crippen LogP contribution >= 0.6 is 0 Å². The maximum absolute atomic E-state index is 13.6. The van der Waals surface area contributed by atoms with Crippen molar-refractivity contribution in [2.75, 3.05) is 13.2 Å². The highest BCUT2D eigenvalue weighted by atomic mass is 19.4. The Hall–Kier alpha value is -3.03. The second-order valence-electron chi connectivity index (χ2n) is 8.78. The lowest BCUT2D eigenvalue weighted by Gasteiger charge is -2.35. The van der Waals surface area contributed by atoms with Gasteiger partial charge in [-0.2, -0.15) is 13.2 Å². The van der Waals surface area contributed by atoms with Gasteiger partial charge in [0.2, 0.25) is 0 Å². The molecule has 0 bridgehead atoms. The molecule has 4 rings (SSSR count). The summed E-state index contributed by atoms with van der Waals surface area (Å²) in [6.07, 6.45) is 8.56. The van der Waals surface area contributed by atoms with Gasteiger partial charge in [-0.05, 0) is 62.5 Å². The van der Waals surface area contributed by atoms with E-state index in [9.17, 15) is 17.6 Å². The van der Waals surface area contributed by atoms with E-state index >= 15 is 0 Å². The third-order valence-electron chi connectivity index (χ3n) is 6.30. The van der Waals surface area contributed by atoms with E-state index in [0.29, 0.717) is 0 Å². The lowest BCUT2D eigenvalue weighted by Crippen LogP contribution is -2.30. The normalized spacial score (nSPS) is 20.1. The molecule has 0 saturated carbocycles. The van der Waals surface area contributed by atoms with Gasteiger partial charge in [-0.1, -0.05) is 13.0 Å². The van der Waals surface area contributed by atoms with E-state index in [1.807, 2.05) is 30.7 Å². The summed E-state index contributed by atoms with van der Waals surface area (Å²) >= 11 is 0. The average molecular weight is 462 g/mol. The number of aryl methyl sites for hydroxylation is 1. The molecule has 33 heavy (non-hydrogen) atoms. The van der Waals surface area contributed by atoms with Crippen LogP contribution in [0.4, 0.5) is 17.6 Å². The molecule has 0 radical (unpaired) electrons. The first-order valence-electron chi connectivity index (χ1n) is 11.0. The number of allylic oxidation sites excluding steroid dienone is 4. The zero-order chi connectivity index (χ0) is 23.8. The number of halogens is 4. The molecule has 8 heteroatoms. The van der Waals surface area contributed by atoms with Crippen molar-refractivity contribution in [2.24, 2.45) is 11.8 Å². The molecule has 0 saturated heterocycles. The van der Waals surface area contributed by atoms with Gasteiger partial charge in [-0.15, -0.1) is 0 Å². The fourth-order valence-corrected chi connectivity index (χ4v) is 4.15. The van der Waals surface area contributed by atoms with Crippen LogP contribution in [0.15, 0.2) is 60.8 Å². The van der Waals surface area contributed by atoms with Crippen molar-refractivity contribution in [3.63, 3.8) is 0 Å². The van der Waals surface area contributed by atoms with Gasteiger partial charge in [0.25, 0.3) is 0 Å². The minimum absolute atomic E-state index is 0.0776. The Morgan fingerprint density at radius 1 is 1.18 bits per heavy atom. The molecule has 2 aliphatic rings. The molecule has 0 amide bonds. The van der Waals surface area contributed by atoms with Crippen LogP contribution in [0, 0.1) is 24.6 Å². The fraction of sp³-hybridized carbons (Fsp3) is 0.400. The molecule has 1 aromatic carbocycles. The molecule has 0 N–H and O–H groups in total. The molecular weight excluding hydrogens is 434 g/mol. The summed E-state index contributed by atoms with van der Waals surface area (Å²) in [7, 11) is 0. The number of hydrogen-bond donors (Lipinski definition) is 0. The van der Waals surface area contributed by atoms with Crippen molar-refractivity contribution in [1.29, 1.82) is 0 Å². The smallest absolute Gasteiger partial charge is 0.395 e. The maximum atomic E-state index is 13.6. The van der Waals surface area contributed by atoms with E-state index in [2.05, 4.69) is 28.2 Å². The summed E-state index contributed by atoms with van der Waals surface area (Å²) in [6, 6.07) is 3.33. The van der Waals surface area contributed by atoms with Crippen LogP contribution in [0.5, 0.6) is 5.75 Å². The molecule has 2 aliphatic heterocycles. The van der Waals surface area contributed by atoms with Gasteiger partial charge in [0.15, 0.2) is 0 Å². The van der Waals surface area contributed by atoms with E-state index in [4.69, 9.17) is 4.74 Å². The Morgan fingerprint density at radius 2 is 1.94 bits per heavy atom. The van der Waals surface area contributed by atoms with Gasteiger partial charge in [0.05, 0.1) is 30.2 Å². The predicted molar refractivity (Wildman–Crippen MR) is 119 cm³/mol. The van der Waals surface area contributed by atoms with Crippen LogP contribution in [0.25, 0.3) is 5.70 Å². The zero-order valence-electron chi connectivity index (χ0n) is 18.8. The Balaban J connectivity index is 1.43. The van der Waals surface area contributed by atoms with Crippen molar-refractivity contribution in [1.82, 2.24) is 14.5 Å². The first-order chi connectivity index (χ1) is 15.6. The first-order valence-corrected chi connectivity index (χ1v) is 11.0. The van der Waals surface area contributed by atoms with E-state index in [0.717, 1.165) is 49.1 Å². The van der Waals surface area contributed by atoms with Crippen molar-refractivity contribution < 1.29 is 22.3 Å². The van der Waals surface area contributed by atoms with Crippen LogP contribution in [0.1, 0.15) is 37.4 Å². The lowest BCUT2D eigenvalue weighted by atomic mass is 9.87. The molecule has 2 aromatic rings. The largest absolute Gasteiger partial charge is 0.493 e. The average Bonchev–Trinajstić information content (AvgIpc) is 3.22. The van der Waals surface area contributed by atoms with Crippen LogP contribution in [-0.4, -0.2) is 33.8 Å². The molecule has 4 nitrogen and oxygen atoms in total. The topological polar surface area (TPSA) is 30.3 Å². The van der Waals surface area contributed by atoms with E-state index in [1.165, 1.54) is 6.07 Å². The molecule has 0 aliphatic carbocycles. The maximum Gasteiger partial charge on any atom is 0.395 e. The molecule has 0 fully saturated rings. The van der Waals surface area contributed by atoms with Crippen molar-refractivity contribution >= 4 is 5.70 Å². The summed E-state index contributed by atoms with van der Waals surface area (Å²) in [5.41, 5.74) is 2.90. The van der Waals surface area contributed by atoms with E-state index in [-0.39, 0.29) is 29.8 Å². The minimum Gasteiger partial charge on any atom is -0.493 e. The number of ether oxygens (including phenoxy) is 1. The number of hydrogen-bond acceptors (Lipinski definition) is 3. The third-order valence-corrected chi connectivity index (χ3v) is 6.30. The van der Waals surface area contributed by atoms with Crippen LogP contribution in [-0.2, 0) is 0 Å². The molecule has 3 atom stereocenters. The Labute approximate surface area is 190 Å². The summed E-state index contributed by atoms with van der Waals surface area (Å²) in [5, 5.41) is 0. The highest BCUT2D eigenvalue weighted by Gasteiger charge is 2.39. The second kappa shape index (κ2) is 9.08. The van der Waals surface area contributed by atoms with Gasteiger partial charge in [0, 0.05) is 30.2 Å². The number of alkyl halides is 3. The van der Waals surface area contributed by atoms with Gasteiger partial charge in [-0.25, -0.2) is 9.37 Å². The summed E-state index contributed by atoms with van der Waals surface area (Å²) in [4.78, 5) is 6.46. The second-order valence-corrected chi connectivity index (χ2v) is 8.78. The standard InChI is InChI=1S/C25H27F4N3O/c1-16(14-33-24-7-4-20(26)11-23(24)18(3)25(27,28)29)19-8-9-31-13-22(6-5-21(31)10-19)32-12-17(2)30-15-32/h4-7,10-13,15-16,18-19H,8-9,14H2,1-3H3/t16-,18-,19?/m1/s1. The van der Waals surface area contributed by atoms with Crippen LogP contribution in [0.3, 0.4) is 0 Å². The van der Waals surface area contributed by atoms with Crippen molar-refractivity contribution in [3.8, 4) is 5.75 Å². The number of benzene rings is 1. The Kier molecular flexibility index (Phi) is 6.36. The first kappa shape index (κ1) is 23.1. The summed E-state index contributed by atoms with van der Waals surface area (Å²) in [5.74, 6) is -2.14. The molecule has 1 aromatic heterocycles. The van der Waals surface area contributed by atoms with Gasteiger partial charge >= 0.3 is 6.18 Å². The predicted octanol–water partition coefficient (Wildman–Crippen LogP) is 6.29. The molecule has 0 spiro atoms. The quantitative estimate of drug-likeness (QED) is 0.474. The number of aromatic nitrogens is 2. The van der Waals surface area contributed by atoms with Gasteiger partial charge in [0.1, 0.15) is 11.6 Å². The van der Waals surface area contributed by atoms with Crippen LogP contribution < -0.4 is 4.74 Å². The Morgan fingerprint density at radius 3 is 2.64 bits per heavy atom. The van der Waals surface area contributed by atoms with Crippen molar-refractivity contribution in [2.45, 2.75) is 39.3 Å². The number of rotatable bonds is 6. The van der Waals surface area contributed by atoms with Crippen LogP contribution in [0.2, 0.25) is 0 Å². The summed E-state index contributed by atoms with van der Waals surface area (Å²) in [6.45, 7) is 6.07. The lowest BCUT2D eigenvalue weighted by molar-refractivity contribution is -0.146. The zero-order valence-corrected chi connectivity index (χ0v) is 18.8. The summed E-state index contributed by atoms with van der Waals surface area (Å²) < 4.78 is 61.1. The number of fused-ring (bicyclic) bond motifs is 1. The fourth-order valence-electron chi connectivity index (χ4n) is 4.15. The third kappa shape index (κ3) is 5.15. The SMILES string of the molecule is Cc1cn(C2=CN3CCC([C@H](C)COc4ccc(F)cc4[C@@H](C)C(F)(F)F)C=C3C=C2)cn1. The van der Waals surface area contributed by atoms with Gasteiger partial charge in [-0.3, -0.25) is 0 Å². The number of nitrogens with zero attached hydrogens (tertiary/aromatic N) is 3. The van der Waals surface area contributed by atoms with Crippen molar-refractivity contribution in [3.05, 3.63) is 77.9 Å². The molecule has 176 valence electrons. The molecule has 3 heterocycles. The highest BCUT2D eigenvalue weighted by Crippen LogP contribution is 2.39. The molecular formula is C25H27F4N3O. The Bertz CT molecular complexity index is 1100. The monoisotopic (exact) mass is 461 g/mol. The highest BCUT2D eigenvalue weighted by molar-refractivity contribution is 5.61. The molecule has 1 unspecified atom stereocenters. The number of imidazole rings is 1. The minimum atomic E-state index is -4.47. The van der Waals surface area contributed by atoms with E-state index in [1.54, 1.807) is 6.33 Å².